The van der Waals surface area contributed by atoms with E-state index < -0.39 is 12.1 Å². The second-order valence-electron chi connectivity index (χ2n) is 8.33. The molecule has 9 nitrogen and oxygen atoms in total. The molecule has 2 heterocycles. The maximum atomic E-state index is 13.5. The van der Waals surface area contributed by atoms with Crippen LogP contribution in [0.4, 0.5) is 5.69 Å². The summed E-state index contributed by atoms with van der Waals surface area (Å²) < 4.78 is 0. The minimum atomic E-state index is -0.686. The van der Waals surface area contributed by atoms with Crippen LogP contribution >= 0.6 is 0 Å². The van der Waals surface area contributed by atoms with Crippen molar-refractivity contribution in [3.05, 3.63) is 41.2 Å². The van der Waals surface area contributed by atoms with E-state index >= 15 is 0 Å². The maximum Gasteiger partial charge on any atom is 0.250 e. The van der Waals surface area contributed by atoms with Gasteiger partial charge >= 0.3 is 0 Å². The average Bonchev–Trinajstić information content (AvgIpc) is 3.08. The van der Waals surface area contributed by atoms with Crippen LogP contribution in [0.25, 0.3) is 0 Å². The summed E-state index contributed by atoms with van der Waals surface area (Å²) in [5.41, 5.74) is 11.3. The van der Waals surface area contributed by atoms with Crippen LogP contribution in [0.15, 0.2) is 30.1 Å². The van der Waals surface area contributed by atoms with Crippen molar-refractivity contribution in [1.82, 2.24) is 16.1 Å². The highest BCUT2D eigenvalue weighted by Crippen LogP contribution is 2.39. The first-order chi connectivity index (χ1) is 14.8. The predicted molar refractivity (Wildman–Crippen MR) is 118 cm³/mol. The highest BCUT2D eigenvalue weighted by molar-refractivity contribution is 6.07. The molecule has 31 heavy (non-hydrogen) atoms. The Kier molecular flexibility index (Phi) is 7.17. The Morgan fingerprint density at radius 2 is 2.06 bits per heavy atom. The first-order valence-electron chi connectivity index (χ1n) is 10.8. The number of para-hydroxylation sites is 1. The number of nitrogens with zero attached hydrogens (tertiary/aromatic N) is 1. The van der Waals surface area contributed by atoms with Gasteiger partial charge in [-0.15, -0.1) is 0 Å². The number of hydrogen-bond acceptors (Lipinski definition) is 6. The van der Waals surface area contributed by atoms with Crippen molar-refractivity contribution < 1.29 is 14.4 Å². The summed E-state index contributed by atoms with van der Waals surface area (Å²) in [5.74, 6) is 4.78. The number of benzene rings is 1. The monoisotopic (exact) mass is 428 g/mol. The molecule has 3 rings (SSSR count). The summed E-state index contributed by atoms with van der Waals surface area (Å²) in [7, 11) is 0. The summed E-state index contributed by atoms with van der Waals surface area (Å²) in [4.78, 5) is 40.5. The fourth-order valence-corrected chi connectivity index (χ4v) is 4.15. The third-order valence-corrected chi connectivity index (χ3v) is 6.01. The number of anilines is 1. The van der Waals surface area contributed by atoms with Crippen LogP contribution in [0.5, 0.6) is 0 Å². The highest BCUT2D eigenvalue weighted by Gasteiger charge is 2.43. The van der Waals surface area contributed by atoms with E-state index in [1.807, 2.05) is 32.0 Å². The summed E-state index contributed by atoms with van der Waals surface area (Å²) in [6.45, 7) is 4.16. The molecule has 3 atom stereocenters. The molecule has 0 radical (unpaired) electrons. The Labute approximate surface area is 182 Å². The quantitative estimate of drug-likeness (QED) is 0.296. The summed E-state index contributed by atoms with van der Waals surface area (Å²) in [6.07, 6.45) is 4.25. The zero-order chi connectivity index (χ0) is 22.5. The Bertz CT molecular complexity index is 884. The van der Waals surface area contributed by atoms with Gasteiger partial charge in [0.2, 0.25) is 17.7 Å². The number of nitrogens with two attached hydrogens (primary N) is 2. The molecule has 9 heteroatoms. The number of aryl methyl sites for hydroxylation is 1. The van der Waals surface area contributed by atoms with E-state index in [1.165, 1.54) is 6.20 Å². The Balaban J connectivity index is 1.81. The van der Waals surface area contributed by atoms with Crippen LogP contribution in [-0.4, -0.2) is 36.3 Å². The van der Waals surface area contributed by atoms with Crippen LogP contribution in [-0.2, 0) is 27.2 Å². The van der Waals surface area contributed by atoms with Crippen molar-refractivity contribution >= 4 is 23.4 Å². The van der Waals surface area contributed by atoms with Gasteiger partial charge in [0.15, 0.2) is 0 Å². The van der Waals surface area contributed by atoms with Crippen molar-refractivity contribution in [2.45, 2.75) is 58.0 Å². The van der Waals surface area contributed by atoms with E-state index in [9.17, 15) is 14.4 Å². The van der Waals surface area contributed by atoms with Crippen molar-refractivity contribution in [1.29, 1.82) is 0 Å². The van der Waals surface area contributed by atoms with E-state index in [-0.39, 0.29) is 30.2 Å². The molecule has 0 spiro atoms. The van der Waals surface area contributed by atoms with E-state index in [2.05, 4.69) is 16.1 Å². The molecule has 0 aromatic heterocycles. The molecular formula is C22H32N6O3. The minimum Gasteiger partial charge on any atom is -0.399 e. The molecule has 0 bridgehead atoms. The summed E-state index contributed by atoms with van der Waals surface area (Å²) in [5, 5.41) is 5.68. The van der Waals surface area contributed by atoms with Gasteiger partial charge in [0.1, 0.15) is 12.1 Å². The second kappa shape index (κ2) is 9.82. The summed E-state index contributed by atoms with van der Waals surface area (Å²) in [6, 6.07) is 4.54. The maximum absolute atomic E-state index is 13.5. The molecule has 3 unspecified atom stereocenters. The van der Waals surface area contributed by atoms with Gasteiger partial charge in [-0.05, 0) is 29.9 Å². The van der Waals surface area contributed by atoms with Gasteiger partial charge in [-0.25, -0.2) is 0 Å². The van der Waals surface area contributed by atoms with Gasteiger partial charge < -0.3 is 21.8 Å². The number of nitrogens with one attached hydrogen (secondary N) is 3. The number of amides is 3. The van der Waals surface area contributed by atoms with Gasteiger partial charge in [-0.2, -0.15) is 0 Å². The van der Waals surface area contributed by atoms with Gasteiger partial charge in [-0.1, -0.05) is 38.5 Å². The first-order valence-corrected chi connectivity index (χ1v) is 10.8. The zero-order valence-corrected chi connectivity index (χ0v) is 18.1. The molecular weight excluding hydrogens is 396 g/mol. The zero-order valence-electron chi connectivity index (χ0n) is 18.1. The molecule has 0 saturated carbocycles. The Morgan fingerprint density at radius 1 is 1.32 bits per heavy atom. The lowest BCUT2D eigenvalue weighted by atomic mass is 10.0. The molecule has 7 N–H and O–H groups in total. The normalized spacial score (nSPS) is 21.2. The van der Waals surface area contributed by atoms with Crippen LogP contribution < -0.4 is 32.5 Å². The van der Waals surface area contributed by atoms with Crippen LogP contribution in [0.2, 0.25) is 0 Å². The smallest absolute Gasteiger partial charge is 0.250 e. The predicted octanol–water partition coefficient (Wildman–Crippen LogP) is 0.191. The lowest BCUT2D eigenvalue weighted by Gasteiger charge is -2.28. The average molecular weight is 429 g/mol. The Morgan fingerprint density at radius 3 is 2.77 bits per heavy atom. The lowest BCUT2D eigenvalue weighted by molar-refractivity contribution is -0.129. The van der Waals surface area contributed by atoms with Gasteiger partial charge in [0.25, 0.3) is 0 Å². The van der Waals surface area contributed by atoms with E-state index in [4.69, 9.17) is 11.6 Å². The van der Waals surface area contributed by atoms with E-state index in [0.29, 0.717) is 31.4 Å². The number of carbonyl (C=O) groups is 3. The summed E-state index contributed by atoms with van der Waals surface area (Å²) >= 11 is 0. The van der Waals surface area contributed by atoms with E-state index in [1.54, 1.807) is 4.90 Å². The minimum absolute atomic E-state index is 0.111. The molecule has 1 aromatic rings. The fourth-order valence-electron chi connectivity index (χ4n) is 4.15. The molecule has 2 aliphatic heterocycles. The van der Waals surface area contributed by atoms with Crippen LogP contribution in [0.1, 0.15) is 44.2 Å². The van der Waals surface area contributed by atoms with Crippen LogP contribution in [0, 0.1) is 5.92 Å². The Hall–Kier alpha value is -3.07. The lowest BCUT2D eigenvalue weighted by Crippen LogP contribution is -2.54. The van der Waals surface area contributed by atoms with Crippen LogP contribution in [0.3, 0.4) is 0 Å². The largest absolute Gasteiger partial charge is 0.399 e. The number of hydrogen-bond donors (Lipinski definition) is 5. The van der Waals surface area contributed by atoms with Gasteiger partial charge in [0, 0.05) is 24.7 Å². The van der Waals surface area contributed by atoms with Gasteiger partial charge in [0.05, 0.1) is 12.2 Å². The molecule has 168 valence electrons. The third kappa shape index (κ3) is 4.99. The molecule has 0 saturated heterocycles. The second-order valence-corrected chi connectivity index (χ2v) is 8.33. The molecule has 3 amide bonds. The first kappa shape index (κ1) is 22.6. The van der Waals surface area contributed by atoms with Crippen molar-refractivity contribution in [2.24, 2.45) is 17.5 Å². The van der Waals surface area contributed by atoms with Crippen molar-refractivity contribution in [3.8, 4) is 0 Å². The highest BCUT2D eigenvalue weighted by atomic mass is 16.2. The van der Waals surface area contributed by atoms with Crippen molar-refractivity contribution in [3.63, 3.8) is 0 Å². The van der Waals surface area contributed by atoms with Crippen molar-refractivity contribution in [2.75, 3.05) is 11.4 Å². The number of rotatable bonds is 8. The van der Waals surface area contributed by atoms with E-state index in [0.717, 1.165) is 23.2 Å². The third-order valence-electron chi connectivity index (χ3n) is 6.01. The SMILES string of the molecule is CCC(C)CC(=O)NC1CCc2cccc3c2N(C1=O)C(C(=O)NC/C(N)=C/NN)C3. The molecule has 0 aliphatic carbocycles. The standard InChI is InChI=1S/C22H32N6O3/c1-3-13(2)9-19(29)27-17-8-7-14-5-4-6-15-10-18(28(20(14)15)22(17)31)21(30)25-11-16(23)12-26-24/h4-6,12-13,17-18,26H,3,7-11,23-24H2,1-2H3,(H,25,30)(H,27,29)/b16-12-. The number of carbonyl (C=O) groups excluding carboxylic acids is 3. The molecule has 1 aromatic carbocycles. The topological polar surface area (TPSA) is 143 Å². The number of hydrazine groups is 1. The van der Waals surface area contributed by atoms with Gasteiger partial charge in [-0.3, -0.25) is 25.1 Å². The fraction of sp³-hybridized carbons (Fsp3) is 0.500. The molecule has 2 aliphatic rings. The molecule has 0 fully saturated rings.